The van der Waals surface area contributed by atoms with Crippen LogP contribution in [0.1, 0.15) is 37.0 Å². The molecule has 1 aromatic carbocycles. The first kappa shape index (κ1) is 21.3. The molecule has 2 N–H and O–H groups in total. The lowest BCUT2D eigenvalue weighted by molar-refractivity contribution is -0.142. The summed E-state index contributed by atoms with van der Waals surface area (Å²) in [5.41, 5.74) is 0.205. The average molecular weight is 400 g/mol. The molecule has 1 aromatic rings. The van der Waals surface area contributed by atoms with Crippen LogP contribution in [0.4, 0.5) is 0 Å². The standard InChI is InChI=1S/C19H26ClNO6/c1-11(2)9-27-17-14(20)7-13(8-15(17)25-3)18(22)21-16(19(23)24)12-5-4-6-26-10-12/h7-8,11-12,16H,4-6,9-10H2,1-3H3,(H,21,22)(H,23,24). The lowest BCUT2D eigenvalue weighted by Crippen LogP contribution is -2.48. The van der Waals surface area contributed by atoms with Crippen LogP contribution >= 0.6 is 11.6 Å². The second-order valence-electron chi connectivity index (χ2n) is 6.96. The summed E-state index contributed by atoms with van der Waals surface area (Å²) in [5.74, 6) is -0.924. The van der Waals surface area contributed by atoms with Gasteiger partial charge in [0.1, 0.15) is 6.04 Å². The Hall–Kier alpha value is -1.99. The van der Waals surface area contributed by atoms with Crippen LogP contribution in [0.15, 0.2) is 12.1 Å². The Morgan fingerprint density at radius 1 is 1.41 bits per heavy atom. The first-order valence-electron chi connectivity index (χ1n) is 8.95. The van der Waals surface area contributed by atoms with Gasteiger partial charge < -0.3 is 24.6 Å². The summed E-state index contributed by atoms with van der Waals surface area (Å²) in [4.78, 5) is 24.2. The maximum Gasteiger partial charge on any atom is 0.326 e. The Morgan fingerprint density at radius 3 is 2.70 bits per heavy atom. The molecule has 150 valence electrons. The van der Waals surface area contributed by atoms with E-state index in [1.54, 1.807) is 0 Å². The average Bonchev–Trinajstić information content (AvgIpc) is 2.64. The Bertz CT molecular complexity index is 672. The van der Waals surface area contributed by atoms with E-state index in [9.17, 15) is 14.7 Å². The Kier molecular flexibility index (Phi) is 7.74. The number of hydrogen-bond donors (Lipinski definition) is 2. The molecular formula is C19H26ClNO6. The minimum absolute atomic E-state index is 0.205. The van der Waals surface area contributed by atoms with Gasteiger partial charge in [0, 0.05) is 18.1 Å². The van der Waals surface area contributed by atoms with E-state index in [2.05, 4.69) is 5.32 Å². The van der Waals surface area contributed by atoms with Crippen molar-refractivity contribution in [1.29, 1.82) is 0 Å². The molecule has 1 aliphatic rings. The minimum atomic E-state index is -1.09. The number of hydrogen-bond acceptors (Lipinski definition) is 5. The molecule has 1 saturated heterocycles. The van der Waals surface area contributed by atoms with Gasteiger partial charge in [-0.15, -0.1) is 0 Å². The number of methoxy groups -OCH3 is 1. The topological polar surface area (TPSA) is 94.1 Å². The third-order valence-corrected chi connectivity index (χ3v) is 4.55. The second-order valence-corrected chi connectivity index (χ2v) is 7.37. The summed E-state index contributed by atoms with van der Waals surface area (Å²) in [5, 5.41) is 12.3. The summed E-state index contributed by atoms with van der Waals surface area (Å²) < 4.78 is 16.3. The number of carbonyl (C=O) groups excluding carboxylic acids is 1. The van der Waals surface area contributed by atoms with Gasteiger partial charge in [-0.2, -0.15) is 0 Å². The van der Waals surface area contributed by atoms with Crippen LogP contribution in [0, 0.1) is 11.8 Å². The molecule has 0 saturated carbocycles. The van der Waals surface area contributed by atoms with Gasteiger partial charge in [0.2, 0.25) is 0 Å². The number of amides is 1. The fraction of sp³-hybridized carbons (Fsp3) is 0.579. The van der Waals surface area contributed by atoms with E-state index >= 15 is 0 Å². The third kappa shape index (κ3) is 5.74. The molecule has 0 bridgehead atoms. The smallest absolute Gasteiger partial charge is 0.326 e. The Labute approximate surface area is 163 Å². The number of ether oxygens (including phenoxy) is 3. The number of carboxylic acid groups (broad SMARTS) is 1. The molecule has 2 atom stereocenters. The predicted molar refractivity (Wildman–Crippen MR) is 101 cm³/mol. The van der Waals surface area contributed by atoms with Crippen molar-refractivity contribution in [3.63, 3.8) is 0 Å². The van der Waals surface area contributed by atoms with Crippen LogP contribution in [-0.2, 0) is 9.53 Å². The van der Waals surface area contributed by atoms with Crippen LogP contribution in [0.2, 0.25) is 5.02 Å². The molecule has 0 aromatic heterocycles. The van der Waals surface area contributed by atoms with Crippen molar-refractivity contribution < 1.29 is 28.9 Å². The first-order valence-corrected chi connectivity index (χ1v) is 9.33. The highest BCUT2D eigenvalue weighted by Gasteiger charge is 2.32. The van der Waals surface area contributed by atoms with E-state index in [0.29, 0.717) is 43.7 Å². The molecule has 1 fully saturated rings. The van der Waals surface area contributed by atoms with Crippen LogP contribution in [0.5, 0.6) is 11.5 Å². The highest BCUT2D eigenvalue weighted by molar-refractivity contribution is 6.32. The van der Waals surface area contributed by atoms with E-state index in [-0.39, 0.29) is 16.5 Å². The number of carboxylic acids is 1. The van der Waals surface area contributed by atoms with E-state index in [4.69, 9.17) is 25.8 Å². The number of nitrogens with one attached hydrogen (secondary N) is 1. The van der Waals surface area contributed by atoms with Gasteiger partial charge in [0.05, 0.1) is 25.3 Å². The molecule has 1 aliphatic heterocycles. The quantitative estimate of drug-likeness (QED) is 0.697. The summed E-state index contributed by atoms with van der Waals surface area (Å²) in [6.07, 6.45) is 1.45. The third-order valence-electron chi connectivity index (χ3n) is 4.27. The molecule has 2 rings (SSSR count). The summed E-state index contributed by atoms with van der Waals surface area (Å²) >= 11 is 6.27. The van der Waals surface area contributed by atoms with Gasteiger partial charge in [-0.3, -0.25) is 4.79 Å². The normalized spacial score (nSPS) is 18.0. The Balaban J connectivity index is 2.19. The molecule has 7 nitrogen and oxygen atoms in total. The molecule has 1 amide bonds. The van der Waals surface area contributed by atoms with Crippen molar-refractivity contribution >= 4 is 23.5 Å². The molecule has 0 radical (unpaired) electrons. The zero-order valence-electron chi connectivity index (χ0n) is 15.8. The molecule has 0 aliphatic carbocycles. The second kappa shape index (κ2) is 9.80. The monoisotopic (exact) mass is 399 g/mol. The van der Waals surface area contributed by atoms with Gasteiger partial charge in [-0.1, -0.05) is 25.4 Å². The number of halogens is 1. The van der Waals surface area contributed by atoms with Crippen molar-refractivity contribution in [2.45, 2.75) is 32.7 Å². The van der Waals surface area contributed by atoms with Crippen LogP contribution in [-0.4, -0.2) is 50.0 Å². The van der Waals surface area contributed by atoms with Crippen molar-refractivity contribution in [1.82, 2.24) is 5.32 Å². The molecular weight excluding hydrogens is 374 g/mol. The van der Waals surface area contributed by atoms with Crippen molar-refractivity contribution in [3.8, 4) is 11.5 Å². The zero-order valence-corrected chi connectivity index (χ0v) is 16.5. The number of benzene rings is 1. The van der Waals surface area contributed by atoms with E-state index in [0.717, 1.165) is 6.42 Å². The first-order chi connectivity index (χ1) is 12.8. The summed E-state index contributed by atoms with van der Waals surface area (Å²) in [6.45, 7) is 5.38. The fourth-order valence-electron chi connectivity index (χ4n) is 2.88. The SMILES string of the molecule is COc1cc(C(=O)NC(C(=O)O)C2CCCOC2)cc(Cl)c1OCC(C)C. The van der Waals surface area contributed by atoms with Crippen molar-refractivity contribution in [2.75, 3.05) is 26.9 Å². The lowest BCUT2D eigenvalue weighted by atomic mass is 9.93. The van der Waals surface area contributed by atoms with Crippen LogP contribution in [0.25, 0.3) is 0 Å². The van der Waals surface area contributed by atoms with Crippen LogP contribution < -0.4 is 14.8 Å². The molecule has 0 spiro atoms. The van der Waals surface area contributed by atoms with Gasteiger partial charge in [0.25, 0.3) is 5.91 Å². The van der Waals surface area contributed by atoms with Gasteiger partial charge in [0.15, 0.2) is 11.5 Å². The van der Waals surface area contributed by atoms with Crippen molar-refractivity contribution in [3.05, 3.63) is 22.7 Å². The number of aliphatic carboxylic acids is 1. The molecule has 8 heteroatoms. The maximum atomic E-state index is 12.6. The summed E-state index contributed by atoms with van der Waals surface area (Å²) in [7, 11) is 1.45. The van der Waals surface area contributed by atoms with E-state index < -0.39 is 17.9 Å². The van der Waals surface area contributed by atoms with E-state index in [1.807, 2.05) is 13.8 Å². The lowest BCUT2D eigenvalue weighted by Gasteiger charge is -2.28. The largest absolute Gasteiger partial charge is 0.493 e. The highest BCUT2D eigenvalue weighted by atomic mass is 35.5. The minimum Gasteiger partial charge on any atom is -0.493 e. The molecule has 27 heavy (non-hydrogen) atoms. The zero-order chi connectivity index (χ0) is 20.0. The molecule has 2 unspecified atom stereocenters. The highest BCUT2D eigenvalue weighted by Crippen LogP contribution is 2.36. The van der Waals surface area contributed by atoms with E-state index in [1.165, 1.54) is 19.2 Å². The van der Waals surface area contributed by atoms with Crippen LogP contribution in [0.3, 0.4) is 0 Å². The van der Waals surface area contributed by atoms with Gasteiger partial charge >= 0.3 is 5.97 Å². The van der Waals surface area contributed by atoms with Crippen molar-refractivity contribution in [2.24, 2.45) is 11.8 Å². The molecule has 1 heterocycles. The predicted octanol–water partition coefficient (Wildman–Crippen LogP) is 2.99. The number of rotatable bonds is 8. The Morgan fingerprint density at radius 2 is 2.15 bits per heavy atom. The number of carbonyl (C=O) groups is 2. The van der Waals surface area contributed by atoms with Gasteiger partial charge in [-0.25, -0.2) is 4.79 Å². The van der Waals surface area contributed by atoms with Gasteiger partial charge in [-0.05, 0) is 30.9 Å². The summed E-state index contributed by atoms with van der Waals surface area (Å²) in [6, 6.07) is 1.91. The maximum absolute atomic E-state index is 12.6. The fourth-order valence-corrected chi connectivity index (χ4v) is 3.14.